The first-order valence-corrected chi connectivity index (χ1v) is 10.2. The molecule has 7 nitrogen and oxygen atoms in total. The Morgan fingerprint density at radius 3 is 2.48 bits per heavy atom. The van der Waals surface area contributed by atoms with E-state index < -0.39 is 6.04 Å². The molecular formula is C20H35N3O4. The van der Waals surface area contributed by atoms with Gasteiger partial charge in [-0.2, -0.15) is 0 Å². The summed E-state index contributed by atoms with van der Waals surface area (Å²) < 4.78 is 5.39. The number of ether oxygens (including phenoxy) is 1. The van der Waals surface area contributed by atoms with Gasteiger partial charge in [0.25, 0.3) is 0 Å². The molecule has 2 rings (SSSR count). The average molecular weight is 382 g/mol. The lowest BCUT2D eigenvalue weighted by Gasteiger charge is -2.35. The highest BCUT2D eigenvalue weighted by atomic mass is 16.5. The predicted octanol–water partition coefficient (Wildman–Crippen LogP) is 1.41. The minimum absolute atomic E-state index is 0.0502. The molecule has 1 N–H and O–H groups in total. The van der Waals surface area contributed by atoms with E-state index in [4.69, 9.17) is 4.74 Å². The van der Waals surface area contributed by atoms with Gasteiger partial charge in [-0.1, -0.05) is 20.8 Å². The summed E-state index contributed by atoms with van der Waals surface area (Å²) in [4.78, 5) is 41.0. The van der Waals surface area contributed by atoms with Crippen molar-refractivity contribution in [2.45, 2.75) is 58.9 Å². The van der Waals surface area contributed by atoms with Crippen LogP contribution in [0.25, 0.3) is 0 Å². The van der Waals surface area contributed by atoms with Gasteiger partial charge in [-0.25, -0.2) is 0 Å². The van der Waals surface area contributed by atoms with Crippen LogP contribution in [0.1, 0.15) is 52.9 Å². The quantitative estimate of drug-likeness (QED) is 0.690. The maximum absolute atomic E-state index is 12.9. The summed E-state index contributed by atoms with van der Waals surface area (Å²) in [5, 5.41) is 3.01. The zero-order valence-electron chi connectivity index (χ0n) is 17.3. The third kappa shape index (κ3) is 5.00. The molecule has 154 valence electrons. The van der Waals surface area contributed by atoms with E-state index in [1.54, 1.807) is 16.8 Å². The monoisotopic (exact) mass is 381 g/mol. The van der Waals surface area contributed by atoms with E-state index >= 15 is 0 Å². The molecule has 0 saturated carbocycles. The second kappa shape index (κ2) is 9.53. The summed E-state index contributed by atoms with van der Waals surface area (Å²) in [6.07, 6.45) is 3.63. The van der Waals surface area contributed by atoms with E-state index in [-0.39, 0.29) is 29.1 Å². The Morgan fingerprint density at radius 2 is 1.96 bits per heavy atom. The Labute approximate surface area is 162 Å². The zero-order valence-corrected chi connectivity index (χ0v) is 17.3. The summed E-state index contributed by atoms with van der Waals surface area (Å²) in [6, 6.07) is -0.418. The van der Waals surface area contributed by atoms with E-state index in [0.29, 0.717) is 39.3 Å². The smallest absolute Gasteiger partial charge is 0.245 e. The Bertz CT molecular complexity index is 543. The van der Waals surface area contributed by atoms with Crippen LogP contribution in [0.4, 0.5) is 0 Å². The van der Waals surface area contributed by atoms with Crippen LogP contribution >= 0.6 is 0 Å². The van der Waals surface area contributed by atoms with E-state index in [9.17, 15) is 14.4 Å². The molecule has 0 aliphatic carbocycles. The molecule has 2 fully saturated rings. The first-order chi connectivity index (χ1) is 12.8. The van der Waals surface area contributed by atoms with E-state index in [0.717, 1.165) is 25.7 Å². The van der Waals surface area contributed by atoms with E-state index in [1.165, 1.54) is 0 Å². The molecule has 0 radical (unpaired) electrons. The number of likely N-dealkylation sites (N-methyl/N-ethyl adjacent to an activating group) is 1. The van der Waals surface area contributed by atoms with Crippen molar-refractivity contribution >= 4 is 17.7 Å². The van der Waals surface area contributed by atoms with Crippen molar-refractivity contribution in [1.82, 2.24) is 15.1 Å². The fourth-order valence-corrected chi connectivity index (χ4v) is 4.11. The molecule has 1 atom stereocenters. The number of hydrogen-bond acceptors (Lipinski definition) is 4. The third-order valence-electron chi connectivity index (χ3n) is 6.05. The van der Waals surface area contributed by atoms with Crippen molar-refractivity contribution in [3.63, 3.8) is 0 Å². The van der Waals surface area contributed by atoms with Crippen molar-refractivity contribution in [3.05, 3.63) is 0 Å². The molecule has 0 aromatic rings. The number of carbonyl (C=O) groups is 3. The minimum atomic E-state index is -0.418. The zero-order chi connectivity index (χ0) is 20.0. The van der Waals surface area contributed by atoms with Gasteiger partial charge in [0, 0.05) is 46.3 Å². The largest absolute Gasteiger partial charge is 0.381 e. The lowest BCUT2D eigenvalue weighted by molar-refractivity contribution is -0.144. The van der Waals surface area contributed by atoms with E-state index in [2.05, 4.69) is 5.32 Å². The number of amides is 3. The van der Waals surface area contributed by atoms with Crippen molar-refractivity contribution < 1.29 is 19.1 Å². The molecule has 1 unspecified atom stereocenters. The van der Waals surface area contributed by atoms with Crippen LogP contribution in [0.3, 0.4) is 0 Å². The Morgan fingerprint density at radius 1 is 1.30 bits per heavy atom. The molecule has 2 heterocycles. The lowest BCUT2D eigenvalue weighted by Crippen LogP contribution is -2.52. The van der Waals surface area contributed by atoms with Gasteiger partial charge in [-0.15, -0.1) is 0 Å². The summed E-state index contributed by atoms with van der Waals surface area (Å²) in [7, 11) is 1.74. The Kier molecular flexibility index (Phi) is 7.65. The Balaban J connectivity index is 1.88. The van der Waals surface area contributed by atoms with Crippen LogP contribution in [0.15, 0.2) is 0 Å². The minimum Gasteiger partial charge on any atom is -0.381 e. The number of nitrogens with one attached hydrogen (secondary N) is 1. The highest BCUT2D eigenvalue weighted by molar-refractivity contribution is 5.88. The highest BCUT2D eigenvalue weighted by Crippen LogP contribution is 2.34. The highest BCUT2D eigenvalue weighted by Gasteiger charge is 2.39. The fraction of sp³-hybridized carbons (Fsp3) is 0.850. The van der Waals surface area contributed by atoms with Crippen molar-refractivity contribution in [2.24, 2.45) is 11.3 Å². The van der Waals surface area contributed by atoms with Crippen LogP contribution in [-0.4, -0.2) is 73.5 Å². The van der Waals surface area contributed by atoms with Gasteiger partial charge in [-0.3, -0.25) is 14.4 Å². The molecule has 2 saturated heterocycles. The maximum atomic E-state index is 12.9. The molecule has 0 aromatic heterocycles. The molecule has 3 amide bonds. The maximum Gasteiger partial charge on any atom is 0.245 e. The second-order valence-electron chi connectivity index (χ2n) is 8.14. The molecule has 7 heteroatoms. The van der Waals surface area contributed by atoms with Gasteiger partial charge in [0.05, 0.1) is 5.41 Å². The Hall–Kier alpha value is -1.63. The molecular weight excluding hydrogens is 346 g/mol. The van der Waals surface area contributed by atoms with Crippen molar-refractivity contribution in [3.8, 4) is 0 Å². The summed E-state index contributed by atoms with van der Waals surface area (Å²) in [5.41, 5.74) is -0.344. The van der Waals surface area contributed by atoms with Gasteiger partial charge in [-0.05, 0) is 31.6 Å². The number of likely N-dealkylation sites (tertiary alicyclic amines) is 1. The SMILES string of the molecule is CCC1(C(=O)NCCN(C)C(=O)C(C(C)C)N2CCCC2=O)CCOCC1. The molecule has 0 aromatic carbocycles. The van der Waals surface area contributed by atoms with Gasteiger partial charge in [0.15, 0.2) is 0 Å². The lowest BCUT2D eigenvalue weighted by atomic mass is 9.77. The molecule has 2 aliphatic heterocycles. The van der Waals surface area contributed by atoms with Gasteiger partial charge in [0.1, 0.15) is 6.04 Å². The topological polar surface area (TPSA) is 79.0 Å². The van der Waals surface area contributed by atoms with Crippen molar-refractivity contribution in [2.75, 3.05) is 39.9 Å². The van der Waals surface area contributed by atoms with Crippen molar-refractivity contribution in [1.29, 1.82) is 0 Å². The molecule has 0 bridgehead atoms. The van der Waals surface area contributed by atoms with Crippen LogP contribution in [0.5, 0.6) is 0 Å². The number of carbonyl (C=O) groups excluding carboxylic acids is 3. The van der Waals surface area contributed by atoms with E-state index in [1.807, 2.05) is 20.8 Å². The van der Waals surface area contributed by atoms with Crippen LogP contribution in [-0.2, 0) is 19.1 Å². The standard InChI is InChI=1S/C20H35N3O4/c1-5-20(8-13-27-14-9-20)19(26)21-10-12-22(4)18(25)17(15(2)3)23-11-6-7-16(23)24/h15,17H,5-14H2,1-4H3,(H,21,26). The number of hydrogen-bond donors (Lipinski definition) is 1. The summed E-state index contributed by atoms with van der Waals surface area (Å²) >= 11 is 0. The second-order valence-corrected chi connectivity index (χ2v) is 8.14. The van der Waals surface area contributed by atoms with Crippen LogP contribution in [0, 0.1) is 11.3 Å². The van der Waals surface area contributed by atoms with Crippen LogP contribution < -0.4 is 5.32 Å². The summed E-state index contributed by atoms with van der Waals surface area (Å²) in [6.45, 7) is 8.74. The normalized spacial score (nSPS) is 20.6. The first-order valence-electron chi connectivity index (χ1n) is 10.2. The number of nitrogens with zero attached hydrogens (tertiary/aromatic N) is 2. The van der Waals surface area contributed by atoms with Gasteiger partial charge >= 0.3 is 0 Å². The average Bonchev–Trinajstić information content (AvgIpc) is 3.07. The molecule has 27 heavy (non-hydrogen) atoms. The molecule has 2 aliphatic rings. The number of rotatable bonds is 8. The van der Waals surface area contributed by atoms with Gasteiger partial charge in [0.2, 0.25) is 17.7 Å². The third-order valence-corrected chi connectivity index (χ3v) is 6.05. The fourth-order valence-electron chi connectivity index (χ4n) is 4.11. The predicted molar refractivity (Wildman–Crippen MR) is 103 cm³/mol. The van der Waals surface area contributed by atoms with Crippen LogP contribution in [0.2, 0.25) is 0 Å². The first kappa shape index (κ1) is 21.7. The summed E-state index contributed by atoms with van der Waals surface area (Å²) in [5.74, 6) is 0.130. The molecule has 0 spiro atoms. The van der Waals surface area contributed by atoms with Gasteiger partial charge < -0.3 is 19.9 Å².